The molecule has 0 spiro atoms. The predicted molar refractivity (Wildman–Crippen MR) is 76.2 cm³/mol. The monoisotopic (exact) mass is 335 g/mol. The summed E-state index contributed by atoms with van der Waals surface area (Å²) < 4.78 is 31.6. The van der Waals surface area contributed by atoms with Gasteiger partial charge in [0.15, 0.2) is 0 Å². The lowest BCUT2D eigenvalue weighted by molar-refractivity contribution is 0.411. The number of methoxy groups -OCH3 is 1. The average Bonchev–Trinajstić information content (AvgIpc) is 2.26. The Labute approximate surface area is 117 Å². The average molecular weight is 336 g/mol. The molecule has 1 rings (SSSR count). The fourth-order valence-corrected chi connectivity index (χ4v) is 2.41. The molecule has 1 N–H and O–H groups in total. The van der Waals surface area contributed by atoms with Crippen molar-refractivity contribution in [3.05, 3.63) is 28.2 Å². The molecule has 1 aromatic rings. The van der Waals surface area contributed by atoms with Crippen LogP contribution in [0.1, 0.15) is 26.3 Å². The number of hydrogen-bond acceptors (Lipinski definition) is 3. The third kappa shape index (κ3) is 3.70. The molecule has 18 heavy (non-hydrogen) atoms. The van der Waals surface area contributed by atoms with E-state index in [1.807, 2.05) is 12.1 Å². The molecule has 0 aromatic heterocycles. The Balaban J connectivity index is 2.82. The smallest absolute Gasteiger partial charge is 0.216 e. The Morgan fingerprint density at radius 1 is 1.33 bits per heavy atom. The summed E-state index contributed by atoms with van der Waals surface area (Å²) in [6.45, 7) is 5.25. The molecule has 0 atom stereocenters. The van der Waals surface area contributed by atoms with Crippen LogP contribution >= 0.6 is 15.9 Å². The molecule has 0 aliphatic carbocycles. The number of rotatable bonds is 4. The third-order valence-electron chi connectivity index (χ3n) is 2.49. The maximum atomic E-state index is 11.9. The van der Waals surface area contributed by atoms with E-state index in [9.17, 15) is 8.42 Å². The zero-order valence-electron chi connectivity index (χ0n) is 11.0. The van der Waals surface area contributed by atoms with E-state index in [0.29, 0.717) is 5.75 Å². The van der Waals surface area contributed by atoms with Crippen molar-refractivity contribution in [3.8, 4) is 5.75 Å². The lowest BCUT2D eigenvalue weighted by Crippen LogP contribution is -2.38. The van der Waals surface area contributed by atoms with Crippen LogP contribution in [0.5, 0.6) is 5.75 Å². The van der Waals surface area contributed by atoms with Crippen LogP contribution in [0.25, 0.3) is 0 Å². The highest BCUT2D eigenvalue weighted by Crippen LogP contribution is 2.25. The van der Waals surface area contributed by atoms with Crippen molar-refractivity contribution in [2.24, 2.45) is 0 Å². The quantitative estimate of drug-likeness (QED) is 0.920. The van der Waals surface area contributed by atoms with E-state index < -0.39 is 14.8 Å². The molecule has 102 valence electrons. The third-order valence-corrected chi connectivity index (χ3v) is 5.28. The summed E-state index contributed by atoms with van der Waals surface area (Å²) in [6.07, 6.45) is 0. The van der Waals surface area contributed by atoms with Crippen molar-refractivity contribution in [3.63, 3.8) is 0 Å². The first-order chi connectivity index (χ1) is 8.17. The van der Waals surface area contributed by atoms with E-state index in [-0.39, 0.29) is 6.54 Å². The van der Waals surface area contributed by atoms with Gasteiger partial charge in [0.25, 0.3) is 0 Å². The van der Waals surface area contributed by atoms with Gasteiger partial charge in [-0.25, -0.2) is 13.1 Å². The Morgan fingerprint density at radius 2 is 1.94 bits per heavy atom. The van der Waals surface area contributed by atoms with Gasteiger partial charge in [-0.15, -0.1) is 0 Å². The molecule has 0 saturated carbocycles. The molecule has 0 fully saturated rings. The van der Waals surface area contributed by atoms with Crippen molar-refractivity contribution in [2.75, 3.05) is 7.11 Å². The van der Waals surface area contributed by atoms with Gasteiger partial charge in [0.2, 0.25) is 10.0 Å². The van der Waals surface area contributed by atoms with Crippen molar-refractivity contribution < 1.29 is 13.2 Å². The van der Waals surface area contributed by atoms with Gasteiger partial charge in [-0.1, -0.05) is 6.07 Å². The highest BCUT2D eigenvalue weighted by atomic mass is 79.9. The first-order valence-electron chi connectivity index (χ1n) is 5.49. The highest BCUT2D eigenvalue weighted by Gasteiger charge is 2.28. The van der Waals surface area contributed by atoms with Crippen molar-refractivity contribution >= 4 is 26.0 Å². The Kier molecular flexibility index (Phi) is 4.80. The summed E-state index contributed by atoms with van der Waals surface area (Å²) in [5.74, 6) is 0.683. The van der Waals surface area contributed by atoms with Gasteiger partial charge in [0.05, 0.1) is 16.3 Å². The van der Waals surface area contributed by atoms with E-state index in [4.69, 9.17) is 4.74 Å². The van der Waals surface area contributed by atoms with Crippen LogP contribution < -0.4 is 9.46 Å². The van der Waals surface area contributed by atoms with Gasteiger partial charge in [-0.2, -0.15) is 0 Å². The number of benzene rings is 1. The van der Waals surface area contributed by atoms with Gasteiger partial charge in [0, 0.05) is 6.54 Å². The maximum Gasteiger partial charge on any atom is 0.216 e. The van der Waals surface area contributed by atoms with Crippen LogP contribution in [0, 0.1) is 0 Å². The summed E-state index contributed by atoms with van der Waals surface area (Å²) in [7, 11) is -1.76. The molecule has 0 saturated heterocycles. The van der Waals surface area contributed by atoms with Crippen LogP contribution in [-0.2, 0) is 16.6 Å². The second kappa shape index (κ2) is 5.59. The SMILES string of the molecule is COc1cc(CNS(=O)(=O)C(C)(C)C)ccc1Br. The molecular weight excluding hydrogens is 318 g/mol. The molecule has 0 bridgehead atoms. The van der Waals surface area contributed by atoms with Gasteiger partial charge in [-0.05, 0) is 54.4 Å². The molecule has 0 aliphatic heterocycles. The Morgan fingerprint density at radius 3 is 2.44 bits per heavy atom. The lowest BCUT2D eigenvalue weighted by atomic mass is 10.2. The first kappa shape index (κ1) is 15.5. The lowest BCUT2D eigenvalue weighted by Gasteiger charge is -2.19. The zero-order valence-corrected chi connectivity index (χ0v) is 13.4. The van der Waals surface area contributed by atoms with E-state index in [1.54, 1.807) is 33.9 Å². The Hall–Kier alpha value is -0.590. The summed E-state index contributed by atoms with van der Waals surface area (Å²) in [5, 5.41) is 0. The molecule has 4 nitrogen and oxygen atoms in total. The fraction of sp³-hybridized carbons (Fsp3) is 0.500. The molecule has 0 radical (unpaired) electrons. The van der Waals surface area contributed by atoms with Gasteiger partial charge < -0.3 is 4.74 Å². The summed E-state index contributed by atoms with van der Waals surface area (Å²) in [5.41, 5.74) is 0.850. The molecule has 0 heterocycles. The van der Waals surface area contributed by atoms with E-state index >= 15 is 0 Å². The topological polar surface area (TPSA) is 55.4 Å². The van der Waals surface area contributed by atoms with Crippen molar-refractivity contribution in [1.82, 2.24) is 4.72 Å². The second-order valence-corrected chi connectivity index (χ2v) is 8.28. The summed E-state index contributed by atoms with van der Waals surface area (Å²) >= 11 is 3.35. The highest BCUT2D eigenvalue weighted by molar-refractivity contribution is 9.10. The van der Waals surface area contributed by atoms with Crippen LogP contribution in [0.4, 0.5) is 0 Å². The van der Waals surface area contributed by atoms with Crippen molar-refractivity contribution in [1.29, 1.82) is 0 Å². The van der Waals surface area contributed by atoms with Crippen molar-refractivity contribution in [2.45, 2.75) is 32.1 Å². The Bertz CT molecular complexity index is 521. The zero-order chi connectivity index (χ0) is 14.0. The maximum absolute atomic E-state index is 11.9. The largest absolute Gasteiger partial charge is 0.496 e. The predicted octanol–water partition coefficient (Wildman–Crippen LogP) is 2.68. The minimum atomic E-state index is -3.33. The number of hydrogen-bond donors (Lipinski definition) is 1. The summed E-state index contributed by atoms with van der Waals surface area (Å²) in [4.78, 5) is 0. The molecule has 6 heteroatoms. The van der Waals surface area contributed by atoms with E-state index in [1.165, 1.54) is 0 Å². The number of nitrogens with one attached hydrogen (secondary N) is 1. The molecule has 0 amide bonds. The number of halogens is 1. The molecular formula is C12H18BrNO3S. The number of ether oxygens (including phenoxy) is 1. The van der Waals surface area contributed by atoms with Gasteiger partial charge >= 0.3 is 0 Å². The van der Waals surface area contributed by atoms with Gasteiger partial charge in [-0.3, -0.25) is 0 Å². The van der Waals surface area contributed by atoms with Crippen LogP contribution in [0.2, 0.25) is 0 Å². The number of sulfonamides is 1. The molecule has 1 aromatic carbocycles. The minimum Gasteiger partial charge on any atom is -0.496 e. The fourth-order valence-electron chi connectivity index (χ4n) is 1.21. The molecule has 0 unspecified atom stereocenters. The summed E-state index contributed by atoms with van der Waals surface area (Å²) in [6, 6.07) is 5.48. The van der Waals surface area contributed by atoms with Gasteiger partial charge in [0.1, 0.15) is 5.75 Å². The normalized spacial score (nSPS) is 12.5. The van der Waals surface area contributed by atoms with Crippen LogP contribution in [0.15, 0.2) is 22.7 Å². The van der Waals surface area contributed by atoms with E-state index in [0.717, 1.165) is 10.0 Å². The standard InChI is InChI=1S/C12H18BrNO3S/c1-12(2,3)18(15,16)14-8-9-5-6-10(13)11(7-9)17-4/h5-7,14H,8H2,1-4H3. The second-order valence-electron chi connectivity index (χ2n) is 4.91. The first-order valence-corrected chi connectivity index (χ1v) is 7.76. The van der Waals surface area contributed by atoms with Crippen LogP contribution in [0.3, 0.4) is 0 Å². The minimum absolute atomic E-state index is 0.253. The van der Waals surface area contributed by atoms with Crippen LogP contribution in [-0.4, -0.2) is 20.3 Å². The molecule has 0 aliphatic rings. The van der Waals surface area contributed by atoms with E-state index in [2.05, 4.69) is 20.7 Å².